The molecule has 0 aromatic carbocycles. The second-order valence-corrected chi connectivity index (χ2v) is 5.81. The Bertz CT molecular complexity index is 230. The molecule has 1 saturated carbocycles. The van der Waals surface area contributed by atoms with Crippen molar-refractivity contribution >= 4 is 0 Å². The average molecular weight is 240 g/mol. The first kappa shape index (κ1) is 13.3. The molecular formula is C14H28N2O. The van der Waals surface area contributed by atoms with Crippen molar-refractivity contribution in [1.29, 1.82) is 0 Å². The van der Waals surface area contributed by atoms with Gasteiger partial charge in [0.15, 0.2) is 0 Å². The minimum absolute atomic E-state index is 0.126. The molecule has 3 nitrogen and oxygen atoms in total. The van der Waals surface area contributed by atoms with E-state index in [0.29, 0.717) is 6.04 Å². The van der Waals surface area contributed by atoms with E-state index in [9.17, 15) is 5.11 Å². The Hall–Kier alpha value is -0.120. The number of fused-ring (bicyclic) bond motifs is 1. The molecule has 1 saturated heterocycles. The highest BCUT2D eigenvalue weighted by molar-refractivity contribution is 4.93. The summed E-state index contributed by atoms with van der Waals surface area (Å²) in [6.07, 6.45) is 9.10. The van der Waals surface area contributed by atoms with Gasteiger partial charge in [0.25, 0.3) is 0 Å². The monoisotopic (exact) mass is 240 g/mol. The Morgan fingerprint density at radius 2 is 1.94 bits per heavy atom. The van der Waals surface area contributed by atoms with Gasteiger partial charge in [-0.25, -0.2) is 0 Å². The van der Waals surface area contributed by atoms with Gasteiger partial charge in [0.1, 0.15) is 0 Å². The fraction of sp³-hybridized carbons (Fsp3) is 1.00. The van der Waals surface area contributed by atoms with Crippen LogP contribution >= 0.6 is 0 Å². The maximum Gasteiger partial charge on any atom is 0.0602 e. The number of aliphatic hydroxyl groups excluding tert-OH is 1. The summed E-state index contributed by atoms with van der Waals surface area (Å²) in [6.45, 7) is 3.48. The Morgan fingerprint density at radius 3 is 2.65 bits per heavy atom. The summed E-state index contributed by atoms with van der Waals surface area (Å²) < 4.78 is 0. The largest absolute Gasteiger partial charge is 0.395 e. The highest BCUT2D eigenvalue weighted by atomic mass is 16.3. The molecule has 0 bridgehead atoms. The molecule has 0 spiro atoms. The average Bonchev–Trinajstić information content (AvgIpc) is 2.39. The van der Waals surface area contributed by atoms with E-state index in [-0.39, 0.29) is 18.7 Å². The molecule has 0 aromatic rings. The summed E-state index contributed by atoms with van der Waals surface area (Å²) in [4.78, 5) is 2.54. The number of nitrogens with two attached hydrogens (primary N) is 1. The Labute approximate surface area is 105 Å². The smallest absolute Gasteiger partial charge is 0.0602 e. The van der Waals surface area contributed by atoms with Crippen LogP contribution in [0.15, 0.2) is 0 Å². The van der Waals surface area contributed by atoms with E-state index in [0.717, 1.165) is 18.9 Å². The van der Waals surface area contributed by atoms with Crippen molar-refractivity contribution in [1.82, 2.24) is 4.90 Å². The molecule has 1 heterocycles. The molecule has 3 heteroatoms. The maximum atomic E-state index is 9.65. The first-order valence-electron chi connectivity index (χ1n) is 7.40. The van der Waals surface area contributed by atoms with E-state index in [1.165, 1.54) is 38.5 Å². The molecule has 100 valence electrons. The second-order valence-electron chi connectivity index (χ2n) is 5.81. The molecule has 4 atom stereocenters. The van der Waals surface area contributed by atoms with Gasteiger partial charge >= 0.3 is 0 Å². The highest BCUT2D eigenvalue weighted by Gasteiger charge is 2.37. The van der Waals surface area contributed by atoms with Crippen LogP contribution in [0.1, 0.15) is 51.9 Å². The molecule has 0 amide bonds. The van der Waals surface area contributed by atoms with Gasteiger partial charge in [-0.2, -0.15) is 0 Å². The minimum atomic E-state index is 0.126. The standard InChI is InChI=1S/C14H28N2O/c1-2-12(15)14(10-17)16-9-5-7-11-6-3-4-8-13(11)16/h11-14,17H,2-10,15H2,1H3. The predicted molar refractivity (Wildman–Crippen MR) is 70.8 cm³/mol. The van der Waals surface area contributed by atoms with Crippen molar-refractivity contribution < 1.29 is 5.11 Å². The van der Waals surface area contributed by atoms with Crippen molar-refractivity contribution in [3.05, 3.63) is 0 Å². The van der Waals surface area contributed by atoms with Gasteiger partial charge < -0.3 is 10.8 Å². The van der Waals surface area contributed by atoms with E-state index < -0.39 is 0 Å². The quantitative estimate of drug-likeness (QED) is 0.787. The van der Waals surface area contributed by atoms with Gasteiger partial charge in [0.05, 0.1) is 6.61 Å². The van der Waals surface area contributed by atoms with Crippen LogP contribution < -0.4 is 5.73 Å². The van der Waals surface area contributed by atoms with Crippen LogP contribution in [0.25, 0.3) is 0 Å². The molecule has 4 unspecified atom stereocenters. The van der Waals surface area contributed by atoms with Gasteiger partial charge in [-0.15, -0.1) is 0 Å². The number of nitrogens with zero attached hydrogens (tertiary/aromatic N) is 1. The number of aliphatic hydroxyl groups is 1. The topological polar surface area (TPSA) is 49.5 Å². The lowest BCUT2D eigenvalue weighted by molar-refractivity contribution is -0.00430. The lowest BCUT2D eigenvalue weighted by Gasteiger charge is -2.48. The first-order valence-corrected chi connectivity index (χ1v) is 7.40. The van der Waals surface area contributed by atoms with Gasteiger partial charge in [-0.1, -0.05) is 19.8 Å². The summed E-state index contributed by atoms with van der Waals surface area (Å²) >= 11 is 0. The summed E-state index contributed by atoms with van der Waals surface area (Å²) in [7, 11) is 0. The van der Waals surface area contributed by atoms with Crippen molar-refractivity contribution in [2.45, 2.75) is 70.0 Å². The summed E-state index contributed by atoms with van der Waals surface area (Å²) in [5.74, 6) is 0.871. The molecule has 2 rings (SSSR count). The molecule has 3 N–H and O–H groups in total. The Balaban J connectivity index is 2.06. The summed E-state index contributed by atoms with van der Waals surface area (Å²) in [5, 5.41) is 9.65. The fourth-order valence-corrected chi connectivity index (χ4v) is 3.83. The number of hydrogen-bond donors (Lipinski definition) is 2. The van der Waals surface area contributed by atoms with Gasteiger partial charge in [0, 0.05) is 18.1 Å². The van der Waals surface area contributed by atoms with Gasteiger partial charge in [0.2, 0.25) is 0 Å². The van der Waals surface area contributed by atoms with E-state index in [4.69, 9.17) is 5.73 Å². The molecule has 2 aliphatic rings. The SMILES string of the molecule is CCC(N)C(CO)N1CCCC2CCCCC21. The molecule has 0 aromatic heterocycles. The molecule has 1 aliphatic carbocycles. The first-order chi connectivity index (χ1) is 8.27. The lowest BCUT2D eigenvalue weighted by atomic mass is 9.77. The number of piperidine rings is 1. The van der Waals surface area contributed by atoms with Crippen molar-refractivity contribution in [2.75, 3.05) is 13.2 Å². The molecule has 0 radical (unpaired) electrons. The third-order valence-electron chi connectivity index (χ3n) is 4.86. The number of likely N-dealkylation sites (tertiary alicyclic amines) is 1. The van der Waals surface area contributed by atoms with Crippen LogP contribution in [-0.4, -0.2) is 41.3 Å². The number of hydrogen-bond acceptors (Lipinski definition) is 3. The molecule has 2 fully saturated rings. The van der Waals surface area contributed by atoms with Crippen LogP contribution in [0.5, 0.6) is 0 Å². The Kier molecular flexibility index (Phi) is 4.83. The zero-order valence-corrected chi connectivity index (χ0v) is 11.1. The fourth-order valence-electron chi connectivity index (χ4n) is 3.83. The second kappa shape index (κ2) is 6.17. The number of rotatable bonds is 4. The maximum absolute atomic E-state index is 9.65. The lowest BCUT2D eigenvalue weighted by Crippen LogP contribution is -2.58. The van der Waals surface area contributed by atoms with E-state index in [1.807, 2.05) is 0 Å². The van der Waals surface area contributed by atoms with Crippen LogP contribution in [0.3, 0.4) is 0 Å². The normalized spacial score (nSPS) is 34.1. The van der Waals surface area contributed by atoms with Crippen LogP contribution in [0.2, 0.25) is 0 Å². The Morgan fingerprint density at radius 1 is 1.24 bits per heavy atom. The van der Waals surface area contributed by atoms with E-state index >= 15 is 0 Å². The molecular weight excluding hydrogens is 212 g/mol. The summed E-state index contributed by atoms with van der Waals surface area (Å²) in [5.41, 5.74) is 6.18. The van der Waals surface area contributed by atoms with Crippen LogP contribution in [0, 0.1) is 5.92 Å². The van der Waals surface area contributed by atoms with Crippen molar-refractivity contribution in [2.24, 2.45) is 11.7 Å². The van der Waals surface area contributed by atoms with Gasteiger partial charge in [-0.3, -0.25) is 4.90 Å². The van der Waals surface area contributed by atoms with Crippen molar-refractivity contribution in [3.63, 3.8) is 0 Å². The van der Waals surface area contributed by atoms with Crippen molar-refractivity contribution in [3.8, 4) is 0 Å². The highest BCUT2D eigenvalue weighted by Crippen LogP contribution is 2.36. The minimum Gasteiger partial charge on any atom is -0.395 e. The van der Waals surface area contributed by atoms with Crippen LogP contribution in [0.4, 0.5) is 0 Å². The zero-order chi connectivity index (χ0) is 12.3. The zero-order valence-electron chi connectivity index (χ0n) is 11.1. The molecule has 17 heavy (non-hydrogen) atoms. The van der Waals surface area contributed by atoms with Crippen LogP contribution in [-0.2, 0) is 0 Å². The molecule has 1 aliphatic heterocycles. The predicted octanol–water partition coefficient (Wildman–Crippen LogP) is 1.74. The van der Waals surface area contributed by atoms with Gasteiger partial charge in [-0.05, 0) is 44.6 Å². The third-order valence-corrected chi connectivity index (χ3v) is 4.86. The summed E-state index contributed by atoms with van der Waals surface area (Å²) in [6, 6.07) is 1.01. The van der Waals surface area contributed by atoms with E-state index in [1.54, 1.807) is 0 Å². The van der Waals surface area contributed by atoms with E-state index in [2.05, 4.69) is 11.8 Å². The third kappa shape index (κ3) is 2.83.